The summed E-state index contributed by atoms with van der Waals surface area (Å²) in [5.41, 5.74) is 1.30. The van der Waals surface area contributed by atoms with E-state index in [9.17, 15) is 0 Å². The van der Waals surface area contributed by atoms with Crippen molar-refractivity contribution in [3.63, 3.8) is 0 Å². The van der Waals surface area contributed by atoms with Gasteiger partial charge in [-0.3, -0.25) is 0 Å². The van der Waals surface area contributed by atoms with Gasteiger partial charge in [0.05, 0.1) is 5.69 Å². The summed E-state index contributed by atoms with van der Waals surface area (Å²) in [6.07, 6.45) is 1.64. The molecule has 0 radical (unpaired) electrons. The van der Waals surface area contributed by atoms with Crippen molar-refractivity contribution in [2.75, 3.05) is 0 Å². The van der Waals surface area contributed by atoms with Gasteiger partial charge in [-0.2, -0.15) is 5.26 Å². The molecule has 0 aromatic carbocycles. The minimum atomic E-state index is 0.407. The lowest BCUT2D eigenvalue weighted by Gasteiger charge is -1.95. The van der Waals surface area contributed by atoms with E-state index >= 15 is 0 Å². The predicted octanol–water partition coefficient (Wildman–Crippen LogP) is 2.71. The van der Waals surface area contributed by atoms with Crippen LogP contribution in [0, 0.1) is 25.2 Å². The SMILES string of the molecule is Cc1nc(Sc2ccc(C#N)nc2)oc1C. The molecule has 0 unspecified atom stereocenters. The molecule has 0 aliphatic carbocycles. The fourth-order valence-electron chi connectivity index (χ4n) is 1.09. The summed E-state index contributed by atoms with van der Waals surface area (Å²) >= 11 is 1.39. The van der Waals surface area contributed by atoms with Gasteiger partial charge in [0, 0.05) is 11.1 Å². The molecule has 0 saturated heterocycles. The first-order chi connectivity index (χ1) is 7.69. The number of rotatable bonds is 2. The van der Waals surface area contributed by atoms with Crippen LogP contribution in [0.25, 0.3) is 0 Å². The second-order valence-corrected chi connectivity index (χ2v) is 4.24. The Hall–Kier alpha value is -1.80. The molecule has 0 spiro atoms. The zero-order valence-corrected chi connectivity index (χ0v) is 9.71. The van der Waals surface area contributed by atoms with Gasteiger partial charge in [0.2, 0.25) is 0 Å². The monoisotopic (exact) mass is 231 g/mol. The van der Waals surface area contributed by atoms with Crippen molar-refractivity contribution in [1.82, 2.24) is 9.97 Å². The minimum Gasteiger partial charge on any atom is -0.436 e. The molecule has 5 heteroatoms. The summed E-state index contributed by atoms with van der Waals surface area (Å²) in [6.45, 7) is 3.78. The predicted molar refractivity (Wildman–Crippen MR) is 59.1 cm³/mol. The summed E-state index contributed by atoms with van der Waals surface area (Å²) in [5, 5.41) is 9.21. The van der Waals surface area contributed by atoms with Gasteiger partial charge in [0.15, 0.2) is 0 Å². The molecule has 0 aliphatic heterocycles. The summed E-state index contributed by atoms with van der Waals surface area (Å²) in [6, 6.07) is 5.47. The number of oxazole rings is 1. The Morgan fingerprint density at radius 3 is 2.69 bits per heavy atom. The third kappa shape index (κ3) is 2.23. The summed E-state index contributed by atoms with van der Waals surface area (Å²) in [4.78, 5) is 9.13. The Balaban J connectivity index is 2.18. The smallest absolute Gasteiger partial charge is 0.261 e. The van der Waals surface area contributed by atoms with Crippen LogP contribution in [0.15, 0.2) is 32.9 Å². The Labute approximate surface area is 97.3 Å². The van der Waals surface area contributed by atoms with Crippen LogP contribution in [0.3, 0.4) is 0 Å². The van der Waals surface area contributed by atoms with Gasteiger partial charge < -0.3 is 4.42 Å². The van der Waals surface area contributed by atoms with Crippen molar-refractivity contribution in [1.29, 1.82) is 5.26 Å². The molecule has 2 rings (SSSR count). The molecule has 0 N–H and O–H groups in total. The Kier molecular flexibility index (Phi) is 2.93. The molecule has 2 aromatic rings. The highest BCUT2D eigenvalue weighted by atomic mass is 32.2. The van der Waals surface area contributed by atoms with Crippen LogP contribution >= 0.6 is 11.8 Å². The van der Waals surface area contributed by atoms with Crippen LogP contribution in [-0.2, 0) is 0 Å². The van der Waals surface area contributed by atoms with E-state index in [4.69, 9.17) is 9.68 Å². The van der Waals surface area contributed by atoms with Gasteiger partial charge in [0.1, 0.15) is 17.5 Å². The Morgan fingerprint density at radius 1 is 1.38 bits per heavy atom. The first kappa shape index (κ1) is 10.7. The summed E-state index contributed by atoms with van der Waals surface area (Å²) in [5.74, 6) is 0.823. The lowest BCUT2D eigenvalue weighted by atomic mass is 10.4. The molecule has 0 amide bonds. The van der Waals surface area contributed by atoms with Crippen LogP contribution in [0.2, 0.25) is 0 Å². The number of nitriles is 1. The molecule has 0 atom stereocenters. The van der Waals surface area contributed by atoms with E-state index in [1.807, 2.05) is 26.0 Å². The van der Waals surface area contributed by atoms with Crippen molar-refractivity contribution in [3.05, 3.63) is 35.5 Å². The van der Waals surface area contributed by atoms with Gasteiger partial charge in [-0.25, -0.2) is 9.97 Å². The molecule has 0 fully saturated rings. The molecular weight excluding hydrogens is 222 g/mol. The maximum atomic E-state index is 8.61. The topological polar surface area (TPSA) is 62.7 Å². The van der Waals surface area contributed by atoms with E-state index in [0.29, 0.717) is 10.9 Å². The first-order valence-corrected chi connectivity index (χ1v) is 5.48. The highest BCUT2D eigenvalue weighted by molar-refractivity contribution is 7.99. The van der Waals surface area contributed by atoms with Crippen LogP contribution < -0.4 is 0 Å². The fraction of sp³-hybridized carbons (Fsp3) is 0.182. The molecule has 0 bridgehead atoms. The van der Waals surface area contributed by atoms with Gasteiger partial charge >= 0.3 is 0 Å². The van der Waals surface area contributed by atoms with E-state index in [1.54, 1.807) is 12.3 Å². The van der Waals surface area contributed by atoms with E-state index in [-0.39, 0.29) is 0 Å². The van der Waals surface area contributed by atoms with Crippen molar-refractivity contribution in [3.8, 4) is 6.07 Å². The van der Waals surface area contributed by atoms with E-state index in [1.165, 1.54) is 11.8 Å². The van der Waals surface area contributed by atoms with Crippen LogP contribution in [0.4, 0.5) is 0 Å². The zero-order valence-electron chi connectivity index (χ0n) is 8.89. The normalized spacial score (nSPS) is 10.1. The number of nitrogens with zero attached hydrogens (tertiary/aromatic N) is 3. The van der Waals surface area contributed by atoms with Gasteiger partial charge in [-0.15, -0.1) is 0 Å². The maximum Gasteiger partial charge on any atom is 0.261 e. The van der Waals surface area contributed by atoms with Gasteiger partial charge in [0.25, 0.3) is 5.22 Å². The Morgan fingerprint density at radius 2 is 2.19 bits per heavy atom. The van der Waals surface area contributed by atoms with Crippen molar-refractivity contribution < 1.29 is 4.42 Å². The van der Waals surface area contributed by atoms with Crippen LogP contribution in [-0.4, -0.2) is 9.97 Å². The lowest BCUT2D eigenvalue weighted by Crippen LogP contribution is -1.81. The molecule has 4 nitrogen and oxygen atoms in total. The number of hydrogen-bond donors (Lipinski definition) is 0. The number of aryl methyl sites for hydroxylation is 2. The van der Waals surface area contributed by atoms with E-state index in [0.717, 1.165) is 16.3 Å². The lowest BCUT2D eigenvalue weighted by molar-refractivity contribution is 0.431. The minimum absolute atomic E-state index is 0.407. The molecule has 16 heavy (non-hydrogen) atoms. The maximum absolute atomic E-state index is 8.61. The average Bonchev–Trinajstić information content (AvgIpc) is 2.59. The average molecular weight is 231 g/mol. The van der Waals surface area contributed by atoms with E-state index < -0.39 is 0 Å². The van der Waals surface area contributed by atoms with Crippen LogP contribution in [0.1, 0.15) is 17.1 Å². The summed E-state index contributed by atoms with van der Waals surface area (Å²) < 4.78 is 5.43. The van der Waals surface area contributed by atoms with E-state index in [2.05, 4.69) is 9.97 Å². The highest BCUT2D eigenvalue weighted by Crippen LogP contribution is 2.27. The Bertz CT molecular complexity index is 520. The number of pyridine rings is 1. The molecule has 0 saturated carbocycles. The second-order valence-electron chi connectivity index (χ2n) is 3.21. The van der Waals surface area contributed by atoms with Gasteiger partial charge in [-0.05, 0) is 37.7 Å². The molecule has 0 aliphatic rings. The fourth-order valence-corrected chi connectivity index (χ4v) is 1.89. The van der Waals surface area contributed by atoms with Crippen LogP contribution in [0.5, 0.6) is 0 Å². The largest absolute Gasteiger partial charge is 0.436 e. The zero-order chi connectivity index (χ0) is 11.5. The number of aromatic nitrogens is 2. The molecule has 80 valence electrons. The van der Waals surface area contributed by atoms with Crippen molar-refractivity contribution in [2.45, 2.75) is 24.0 Å². The first-order valence-electron chi connectivity index (χ1n) is 4.67. The highest BCUT2D eigenvalue weighted by Gasteiger charge is 2.07. The van der Waals surface area contributed by atoms with Gasteiger partial charge in [-0.1, -0.05) is 0 Å². The van der Waals surface area contributed by atoms with Crippen molar-refractivity contribution in [2.24, 2.45) is 0 Å². The summed E-state index contributed by atoms with van der Waals surface area (Å²) in [7, 11) is 0. The standard InChI is InChI=1S/C11H9N3OS/c1-7-8(2)15-11(14-7)16-10-4-3-9(5-12)13-6-10/h3-4,6H,1-2H3. The second kappa shape index (κ2) is 4.37. The number of hydrogen-bond acceptors (Lipinski definition) is 5. The third-order valence-electron chi connectivity index (χ3n) is 2.06. The quantitative estimate of drug-likeness (QED) is 0.795. The third-order valence-corrected chi connectivity index (χ3v) is 2.89. The van der Waals surface area contributed by atoms with Crippen molar-refractivity contribution >= 4 is 11.8 Å². The molecule has 2 aromatic heterocycles. The molecular formula is C11H9N3OS. The molecule has 2 heterocycles.